The zero-order valence-electron chi connectivity index (χ0n) is 12.9. The average Bonchev–Trinajstić information content (AvgIpc) is 3.05. The maximum atomic E-state index is 12.4. The molecule has 1 atom stereocenters. The predicted octanol–water partition coefficient (Wildman–Crippen LogP) is 3.52. The zero-order valence-corrected chi connectivity index (χ0v) is 15.3. The van der Waals surface area contributed by atoms with Gasteiger partial charge in [0, 0.05) is 36.6 Å². The Bertz CT molecular complexity index is 477. The molecule has 1 saturated heterocycles. The monoisotopic (exact) mass is 373 g/mol. The molecule has 1 unspecified atom stereocenters. The molecular weight excluding hydrogens is 350 g/mol. The number of halogens is 1. The molecule has 1 aliphatic heterocycles. The van der Waals surface area contributed by atoms with E-state index in [9.17, 15) is 4.79 Å². The van der Waals surface area contributed by atoms with E-state index in [1.54, 1.807) is 11.3 Å². The number of nitrogens with one attached hydrogen (secondary N) is 1. The number of nitrogens with zero attached hydrogens (tertiary/aromatic N) is 2. The van der Waals surface area contributed by atoms with Crippen LogP contribution in [0.2, 0.25) is 0 Å². The smallest absolute Gasteiger partial charge is 0.317 e. The number of rotatable bonds is 5. The summed E-state index contributed by atoms with van der Waals surface area (Å²) in [4.78, 5) is 17.9. The number of thiophene rings is 1. The quantitative estimate of drug-likeness (QED) is 0.856. The van der Waals surface area contributed by atoms with Gasteiger partial charge in [-0.2, -0.15) is 0 Å². The largest absolute Gasteiger partial charge is 0.334 e. The molecule has 1 aromatic rings. The van der Waals surface area contributed by atoms with Crippen LogP contribution in [0.15, 0.2) is 15.9 Å². The van der Waals surface area contributed by atoms with E-state index in [0.29, 0.717) is 12.6 Å². The molecule has 2 amide bonds. The molecule has 2 heterocycles. The Balaban J connectivity index is 1.86. The van der Waals surface area contributed by atoms with Gasteiger partial charge in [-0.25, -0.2) is 4.79 Å². The number of hydrogen-bond acceptors (Lipinski definition) is 3. The second-order valence-electron chi connectivity index (χ2n) is 5.74. The maximum absolute atomic E-state index is 12.4. The first-order chi connectivity index (χ1) is 9.99. The van der Waals surface area contributed by atoms with Gasteiger partial charge in [-0.3, -0.25) is 4.90 Å². The Morgan fingerprint density at radius 3 is 2.86 bits per heavy atom. The van der Waals surface area contributed by atoms with Gasteiger partial charge < -0.3 is 10.2 Å². The summed E-state index contributed by atoms with van der Waals surface area (Å²) in [5.41, 5.74) is 0. The van der Waals surface area contributed by atoms with Crippen LogP contribution in [-0.2, 0) is 6.54 Å². The topological polar surface area (TPSA) is 35.6 Å². The van der Waals surface area contributed by atoms with Crippen molar-refractivity contribution in [2.75, 3.05) is 19.6 Å². The first-order valence-corrected chi connectivity index (χ1v) is 9.14. The third kappa shape index (κ3) is 4.69. The highest BCUT2D eigenvalue weighted by Gasteiger charge is 2.26. The molecule has 4 nitrogen and oxygen atoms in total. The normalized spacial score (nSPS) is 19.2. The van der Waals surface area contributed by atoms with E-state index in [2.05, 4.69) is 46.1 Å². The van der Waals surface area contributed by atoms with E-state index < -0.39 is 0 Å². The number of urea groups is 1. The summed E-state index contributed by atoms with van der Waals surface area (Å²) in [7, 11) is 0. The van der Waals surface area contributed by atoms with Crippen molar-refractivity contribution >= 4 is 33.3 Å². The van der Waals surface area contributed by atoms with Gasteiger partial charge in [0.1, 0.15) is 0 Å². The van der Waals surface area contributed by atoms with Gasteiger partial charge >= 0.3 is 6.03 Å². The average molecular weight is 374 g/mol. The van der Waals surface area contributed by atoms with Gasteiger partial charge in [0.25, 0.3) is 0 Å². The minimum absolute atomic E-state index is 0.0534. The molecule has 118 valence electrons. The van der Waals surface area contributed by atoms with Crippen molar-refractivity contribution in [1.82, 2.24) is 15.1 Å². The Labute approximate surface area is 139 Å². The van der Waals surface area contributed by atoms with E-state index in [4.69, 9.17) is 0 Å². The third-order valence-corrected chi connectivity index (χ3v) is 5.53. The summed E-state index contributed by atoms with van der Waals surface area (Å²) in [6.45, 7) is 9.88. The highest BCUT2D eigenvalue weighted by atomic mass is 79.9. The highest BCUT2D eigenvalue weighted by molar-refractivity contribution is 9.11. The summed E-state index contributed by atoms with van der Waals surface area (Å²) in [5.74, 6) is 0. The van der Waals surface area contributed by atoms with Gasteiger partial charge in [-0.1, -0.05) is 0 Å². The van der Waals surface area contributed by atoms with Crippen LogP contribution < -0.4 is 5.32 Å². The molecule has 1 aliphatic rings. The van der Waals surface area contributed by atoms with Gasteiger partial charge in [-0.05, 0) is 55.3 Å². The summed E-state index contributed by atoms with van der Waals surface area (Å²) in [6, 6.07) is 4.99. The molecule has 0 spiro atoms. The Kier molecular flexibility index (Phi) is 6.08. The first-order valence-electron chi connectivity index (χ1n) is 7.53. The molecule has 1 fully saturated rings. The number of hydrogen-bond donors (Lipinski definition) is 1. The number of amides is 2. The van der Waals surface area contributed by atoms with Crippen molar-refractivity contribution < 1.29 is 4.79 Å². The molecule has 1 N–H and O–H groups in total. The van der Waals surface area contributed by atoms with Crippen LogP contribution in [0.1, 0.15) is 32.1 Å². The number of likely N-dealkylation sites (tertiary alicyclic amines) is 1. The van der Waals surface area contributed by atoms with E-state index in [-0.39, 0.29) is 12.1 Å². The van der Waals surface area contributed by atoms with Crippen LogP contribution in [0.3, 0.4) is 0 Å². The SMILES string of the molecule is CCN(Cc1ccc(Br)s1)C(=O)NC1CCN(C(C)C)C1. The third-order valence-electron chi connectivity index (χ3n) is 3.92. The first kappa shape index (κ1) is 16.8. The Morgan fingerprint density at radius 2 is 2.33 bits per heavy atom. The molecule has 0 bridgehead atoms. The van der Waals surface area contributed by atoms with Crippen LogP contribution in [-0.4, -0.2) is 47.5 Å². The lowest BCUT2D eigenvalue weighted by Crippen LogP contribution is -2.45. The van der Waals surface area contributed by atoms with E-state index in [1.165, 1.54) is 4.88 Å². The Morgan fingerprint density at radius 1 is 1.57 bits per heavy atom. The summed E-state index contributed by atoms with van der Waals surface area (Å²) >= 11 is 5.15. The fourth-order valence-electron chi connectivity index (χ4n) is 2.59. The van der Waals surface area contributed by atoms with Gasteiger partial charge in [0.15, 0.2) is 0 Å². The van der Waals surface area contributed by atoms with E-state index in [0.717, 1.165) is 29.8 Å². The summed E-state index contributed by atoms with van der Waals surface area (Å²) in [6.07, 6.45) is 1.05. The van der Waals surface area contributed by atoms with Crippen molar-refractivity contribution in [2.24, 2.45) is 0 Å². The van der Waals surface area contributed by atoms with Crippen molar-refractivity contribution in [3.8, 4) is 0 Å². The van der Waals surface area contributed by atoms with Gasteiger partial charge in [0.2, 0.25) is 0 Å². The molecular formula is C15H24BrN3OS. The van der Waals surface area contributed by atoms with Gasteiger partial charge in [-0.15, -0.1) is 11.3 Å². The second-order valence-corrected chi connectivity index (χ2v) is 8.29. The Hall–Kier alpha value is -0.590. The molecule has 6 heteroatoms. The second kappa shape index (κ2) is 7.61. The van der Waals surface area contributed by atoms with Crippen LogP contribution >= 0.6 is 27.3 Å². The van der Waals surface area contributed by atoms with Crippen LogP contribution in [0, 0.1) is 0 Å². The molecule has 0 radical (unpaired) electrons. The lowest BCUT2D eigenvalue weighted by atomic mass is 10.2. The van der Waals surface area contributed by atoms with Crippen molar-refractivity contribution in [3.05, 3.63) is 20.8 Å². The summed E-state index contributed by atoms with van der Waals surface area (Å²) < 4.78 is 1.11. The summed E-state index contributed by atoms with van der Waals surface area (Å²) in [5, 5.41) is 3.18. The number of carbonyl (C=O) groups excluding carboxylic acids is 1. The van der Waals surface area contributed by atoms with Crippen LogP contribution in [0.25, 0.3) is 0 Å². The maximum Gasteiger partial charge on any atom is 0.317 e. The van der Waals surface area contributed by atoms with E-state index in [1.807, 2.05) is 17.9 Å². The van der Waals surface area contributed by atoms with Crippen molar-refractivity contribution in [3.63, 3.8) is 0 Å². The fraction of sp³-hybridized carbons (Fsp3) is 0.667. The van der Waals surface area contributed by atoms with Crippen molar-refractivity contribution in [1.29, 1.82) is 0 Å². The number of carbonyl (C=O) groups is 1. The lowest BCUT2D eigenvalue weighted by Gasteiger charge is -2.24. The molecule has 0 aromatic carbocycles. The predicted molar refractivity (Wildman–Crippen MR) is 91.7 cm³/mol. The fourth-order valence-corrected chi connectivity index (χ4v) is 4.09. The highest BCUT2D eigenvalue weighted by Crippen LogP contribution is 2.23. The minimum Gasteiger partial charge on any atom is -0.334 e. The van der Waals surface area contributed by atoms with Crippen LogP contribution in [0.5, 0.6) is 0 Å². The molecule has 2 rings (SSSR count). The zero-order chi connectivity index (χ0) is 15.4. The minimum atomic E-state index is 0.0534. The van der Waals surface area contributed by atoms with Crippen molar-refractivity contribution in [2.45, 2.75) is 45.8 Å². The van der Waals surface area contributed by atoms with Crippen LogP contribution in [0.4, 0.5) is 4.79 Å². The standard InChI is InChI=1S/C15H24BrN3OS/c1-4-18(10-13-5-6-14(16)21-13)15(20)17-12-7-8-19(9-12)11(2)3/h5-6,11-12H,4,7-10H2,1-3H3,(H,17,20). The molecule has 1 aromatic heterocycles. The van der Waals surface area contributed by atoms with Gasteiger partial charge in [0.05, 0.1) is 10.3 Å². The lowest BCUT2D eigenvalue weighted by molar-refractivity contribution is 0.193. The molecule has 0 saturated carbocycles. The van der Waals surface area contributed by atoms with E-state index >= 15 is 0 Å². The molecule has 21 heavy (non-hydrogen) atoms. The molecule has 0 aliphatic carbocycles.